The summed E-state index contributed by atoms with van der Waals surface area (Å²) in [5, 5.41) is 19.3. The summed E-state index contributed by atoms with van der Waals surface area (Å²) < 4.78 is 0. The van der Waals surface area contributed by atoms with E-state index in [0.717, 1.165) is 0 Å². The van der Waals surface area contributed by atoms with Gasteiger partial charge in [0.2, 0.25) is 5.91 Å². The Balaban J connectivity index is 4.41. The van der Waals surface area contributed by atoms with E-state index in [4.69, 9.17) is 15.9 Å². The van der Waals surface area contributed by atoms with Gasteiger partial charge in [-0.15, -0.1) is 0 Å². The fourth-order valence-corrected chi connectivity index (χ4v) is 0.869. The van der Waals surface area contributed by atoms with Crippen molar-refractivity contribution in [1.29, 1.82) is 0 Å². The Bertz CT molecular complexity index is 295. The second-order valence-electron chi connectivity index (χ2n) is 4.02. The summed E-state index contributed by atoms with van der Waals surface area (Å²) in [5.74, 6) is -3.03. The number of rotatable bonds is 6. The maximum Gasteiger partial charge on any atom is 0.326 e. The first-order valence-electron chi connectivity index (χ1n) is 4.69. The first-order valence-corrected chi connectivity index (χ1v) is 4.69. The average Bonchev–Trinajstić information content (AvgIpc) is 2.09. The van der Waals surface area contributed by atoms with Crippen molar-refractivity contribution < 1.29 is 24.6 Å². The van der Waals surface area contributed by atoms with Gasteiger partial charge in [-0.2, -0.15) is 0 Å². The molecule has 0 spiro atoms. The zero-order chi connectivity index (χ0) is 12.9. The van der Waals surface area contributed by atoms with Crippen LogP contribution in [0.4, 0.5) is 0 Å². The predicted molar refractivity (Wildman–Crippen MR) is 54.7 cm³/mol. The van der Waals surface area contributed by atoms with Crippen LogP contribution in [0.3, 0.4) is 0 Å². The molecule has 7 nitrogen and oxygen atoms in total. The van der Waals surface area contributed by atoms with Crippen molar-refractivity contribution in [3.63, 3.8) is 0 Å². The number of amides is 1. The van der Waals surface area contributed by atoms with Crippen molar-refractivity contribution in [3.8, 4) is 0 Å². The lowest BCUT2D eigenvalue weighted by Gasteiger charge is -2.21. The fourth-order valence-electron chi connectivity index (χ4n) is 0.869. The molecular formula is C9H16N2O5. The van der Waals surface area contributed by atoms with Gasteiger partial charge in [0.15, 0.2) is 0 Å². The van der Waals surface area contributed by atoms with Crippen LogP contribution in [0, 0.1) is 0 Å². The SMILES string of the molecule is CC(C)(N)C(=O)NC(CCC(=O)O)C(=O)O. The summed E-state index contributed by atoms with van der Waals surface area (Å²) in [7, 11) is 0. The number of carboxylic acid groups (broad SMARTS) is 2. The van der Waals surface area contributed by atoms with Gasteiger partial charge in [0, 0.05) is 6.42 Å². The minimum absolute atomic E-state index is 0.174. The van der Waals surface area contributed by atoms with Crippen LogP contribution in [0.1, 0.15) is 26.7 Å². The van der Waals surface area contributed by atoms with E-state index in [-0.39, 0.29) is 12.8 Å². The zero-order valence-corrected chi connectivity index (χ0v) is 9.19. The molecule has 1 atom stereocenters. The van der Waals surface area contributed by atoms with Gasteiger partial charge >= 0.3 is 11.9 Å². The molecule has 0 saturated carbocycles. The molecule has 0 aromatic heterocycles. The molecule has 0 heterocycles. The molecule has 0 aliphatic heterocycles. The minimum Gasteiger partial charge on any atom is -0.481 e. The molecule has 0 aromatic carbocycles. The highest BCUT2D eigenvalue weighted by molar-refractivity contribution is 5.89. The smallest absolute Gasteiger partial charge is 0.326 e. The fraction of sp³-hybridized carbons (Fsp3) is 0.667. The maximum atomic E-state index is 11.4. The summed E-state index contributed by atoms with van der Waals surface area (Å²) >= 11 is 0. The van der Waals surface area contributed by atoms with E-state index in [9.17, 15) is 14.4 Å². The zero-order valence-electron chi connectivity index (χ0n) is 9.19. The third-order valence-corrected chi connectivity index (χ3v) is 1.84. The summed E-state index contributed by atoms with van der Waals surface area (Å²) in [6, 6.07) is -1.23. The highest BCUT2D eigenvalue weighted by Crippen LogP contribution is 2.02. The lowest BCUT2D eigenvalue weighted by Crippen LogP contribution is -2.54. The monoisotopic (exact) mass is 232 g/mol. The molecule has 0 aliphatic rings. The summed E-state index contributed by atoms with van der Waals surface area (Å²) in [6.07, 6.45) is -0.505. The van der Waals surface area contributed by atoms with Crippen LogP contribution >= 0.6 is 0 Å². The molecule has 0 aromatic rings. The van der Waals surface area contributed by atoms with Crippen LogP contribution in [0.5, 0.6) is 0 Å². The molecule has 5 N–H and O–H groups in total. The Morgan fingerprint density at radius 2 is 1.81 bits per heavy atom. The lowest BCUT2D eigenvalue weighted by molar-refractivity contribution is -0.143. The number of hydrogen-bond donors (Lipinski definition) is 4. The van der Waals surface area contributed by atoms with E-state index in [1.54, 1.807) is 0 Å². The Labute approximate surface area is 92.6 Å². The largest absolute Gasteiger partial charge is 0.481 e. The number of nitrogens with two attached hydrogens (primary N) is 1. The number of carbonyl (C=O) groups excluding carboxylic acids is 1. The van der Waals surface area contributed by atoms with E-state index in [2.05, 4.69) is 5.32 Å². The van der Waals surface area contributed by atoms with Crippen molar-refractivity contribution in [2.24, 2.45) is 5.73 Å². The van der Waals surface area contributed by atoms with Gasteiger partial charge in [-0.1, -0.05) is 0 Å². The first kappa shape index (κ1) is 14.4. The quantitative estimate of drug-likeness (QED) is 0.472. The van der Waals surface area contributed by atoms with Crippen molar-refractivity contribution in [3.05, 3.63) is 0 Å². The van der Waals surface area contributed by atoms with Crippen LogP contribution in [0.2, 0.25) is 0 Å². The van der Waals surface area contributed by atoms with Crippen molar-refractivity contribution in [1.82, 2.24) is 5.32 Å². The molecular weight excluding hydrogens is 216 g/mol. The van der Waals surface area contributed by atoms with Gasteiger partial charge in [-0.3, -0.25) is 9.59 Å². The molecule has 7 heteroatoms. The molecule has 16 heavy (non-hydrogen) atoms. The van der Waals surface area contributed by atoms with Crippen LogP contribution in [-0.4, -0.2) is 39.6 Å². The minimum atomic E-state index is -1.28. The van der Waals surface area contributed by atoms with Gasteiger partial charge in [0.25, 0.3) is 0 Å². The molecule has 1 amide bonds. The van der Waals surface area contributed by atoms with Gasteiger partial charge in [0.05, 0.1) is 5.54 Å². The molecule has 0 bridgehead atoms. The number of hydrogen-bond acceptors (Lipinski definition) is 4. The normalized spacial score (nSPS) is 12.9. The molecule has 0 aliphatic carbocycles. The van der Waals surface area contributed by atoms with Crippen molar-refractivity contribution >= 4 is 17.8 Å². The summed E-state index contributed by atoms with van der Waals surface area (Å²) in [6.45, 7) is 2.86. The van der Waals surface area contributed by atoms with Gasteiger partial charge in [-0.25, -0.2) is 4.79 Å². The van der Waals surface area contributed by atoms with Crippen LogP contribution < -0.4 is 11.1 Å². The second-order valence-corrected chi connectivity index (χ2v) is 4.02. The number of aliphatic carboxylic acids is 2. The van der Waals surface area contributed by atoms with Crippen molar-refractivity contribution in [2.75, 3.05) is 0 Å². The average molecular weight is 232 g/mol. The summed E-state index contributed by atoms with van der Waals surface area (Å²) in [4.78, 5) is 32.4. The molecule has 0 saturated heterocycles. The van der Waals surface area contributed by atoms with E-state index < -0.39 is 29.4 Å². The Kier molecular flexibility index (Phi) is 4.90. The highest BCUT2D eigenvalue weighted by atomic mass is 16.4. The maximum absolute atomic E-state index is 11.4. The van der Waals surface area contributed by atoms with Gasteiger partial charge in [-0.05, 0) is 20.3 Å². The Hall–Kier alpha value is -1.63. The van der Waals surface area contributed by atoms with Crippen LogP contribution in [0.25, 0.3) is 0 Å². The Morgan fingerprint density at radius 3 is 2.12 bits per heavy atom. The standard InChI is InChI=1S/C9H16N2O5/c1-9(2,10)8(16)11-5(7(14)15)3-4-6(12)13/h5H,3-4,10H2,1-2H3,(H,11,16)(H,12,13)(H,14,15). The van der Waals surface area contributed by atoms with E-state index in [1.807, 2.05) is 0 Å². The van der Waals surface area contributed by atoms with E-state index in [1.165, 1.54) is 13.8 Å². The predicted octanol–water partition coefficient (Wildman–Crippen LogP) is -0.842. The van der Waals surface area contributed by atoms with E-state index in [0.29, 0.717) is 0 Å². The molecule has 92 valence electrons. The molecule has 0 radical (unpaired) electrons. The highest BCUT2D eigenvalue weighted by Gasteiger charge is 2.27. The summed E-state index contributed by atoms with van der Waals surface area (Å²) in [5.41, 5.74) is 4.26. The van der Waals surface area contributed by atoms with Gasteiger partial charge < -0.3 is 21.3 Å². The van der Waals surface area contributed by atoms with Gasteiger partial charge in [0.1, 0.15) is 6.04 Å². The van der Waals surface area contributed by atoms with E-state index >= 15 is 0 Å². The molecule has 0 rings (SSSR count). The topological polar surface area (TPSA) is 130 Å². The van der Waals surface area contributed by atoms with Crippen molar-refractivity contribution in [2.45, 2.75) is 38.3 Å². The first-order chi connectivity index (χ1) is 7.14. The number of carbonyl (C=O) groups is 3. The molecule has 1 unspecified atom stereocenters. The third-order valence-electron chi connectivity index (χ3n) is 1.84. The van der Waals surface area contributed by atoms with Crippen LogP contribution in [-0.2, 0) is 14.4 Å². The lowest BCUT2D eigenvalue weighted by atomic mass is 10.0. The van der Waals surface area contributed by atoms with Crippen LogP contribution in [0.15, 0.2) is 0 Å². The molecule has 0 fully saturated rings. The number of nitrogens with one attached hydrogen (secondary N) is 1. The number of carboxylic acids is 2. The Morgan fingerprint density at radius 1 is 1.31 bits per heavy atom. The second kappa shape index (κ2) is 5.45. The third kappa shape index (κ3) is 5.30.